The van der Waals surface area contributed by atoms with E-state index in [4.69, 9.17) is 14.5 Å². The van der Waals surface area contributed by atoms with Crippen molar-refractivity contribution in [3.8, 4) is 0 Å². The highest BCUT2D eigenvalue weighted by Crippen LogP contribution is 2.73. The van der Waals surface area contributed by atoms with E-state index in [1.807, 2.05) is 4.98 Å². The van der Waals surface area contributed by atoms with Gasteiger partial charge in [-0.2, -0.15) is 8.62 Å². The molecule has 1 saturated carbocycles. The minimum Gasteiger partial charge on any atom is -0.381 e. The quantitative estimate of drug-likeness (QED) is 0.229. The Hall–Kier alpha value is -1.06. The summed E-state index contributed by atoms with van der Waals surface area (Å²) in [5, 5.41) is 10.7. The smallest absolute Gasteiger partial charge is 0.381 e. The van der Waals surface area contributed by atoms with E-state index >= 15 is 4.39 Å². The molecule has 1 aromatic rings. The highest BCUT2D eigenvalue weighted by molar-refractivity contribution is 7.66. The molecule has 3 unspecified atom stereocenters. The summed E-state index contributed by atoms with van der Waals surface area (Å²) in [5.41, 5.74) is -6.50. The Balaban J connectivity index is 1.82. The maximum absolute atomic E-state index is 15.0. The van der Waals surface area contributed by atoms with Gasteiger partial charge in [0.25, 0.3) is 5.56 Å². The van der Waals surface area contributed by atoms with Gasteiger partial charge in [-0.15, -0.1) is 0 Å². The van der Waals surface area contributed by atoms with E-state index in [0.717, 1.165) is 12.3 Å². The third kappa shape index (κ3) is 4.29. The Morgan fingerprint density at radius 3 is 2.29 bits per heavy atom. The normalized spacial score (nSPS) is 36.4. The van der Waals surface area contributed by atoms with Crippen LogP contribution < -0.4 is 11.2 Å². The maximum Gasteiger partial charge on any atom is 0.490 e. The first-order valence-corrected chi connectivity index (χ1v) is 12.7. The van der Waals surface area contributed by atoms with Gasteiger partial charge in [-0.1, -0.05) is 6.92 Å². The summed E-state index contributed by atoms with van der Waals surface area (Å²) in [5.74, 6) is 0. The first kappa shape index (κ1) is 24.6. The molecule has 2 heterocycles. The average molecular weight is 512 g/mol. The Morgan fingerprint density at radius 1 is 1.19 bits per heavy atom. The number of aliphatic hydroxyl groups is 1. The van der Waals surface area contributed by atoms with Crippen LogP contribution in [0.1, 0.15) is 19.6 Å². The monoisotopic (exact) mass is 512 g/mol. The van der Waals surface area contributed by atoms with E-state index in [0.29, 0.717) is 4.57 Å². The number of aromatic nitrogens is 2. The van der Waals surface area contributed by atoms with Crippen LogP contribution in [0.25, 0.3) is 0 Å². The third-order valence-corrected chi connectivity index (χ3v) is 8.53. The van der Waals surface area contributed by atoms with Gasteiger partial charge in [0.15, 0.2) is 18.0 Å². The SMILES string of the molecule is CC[C@]12O[C@@H](n3ccc(=O)[nH]c3=O)[C@H](F)[C@@]1(O)C2OP(=O)(O)OP(=O)(O)OP(=O)(O)O. The second-order valence-electron chi connectivity index (χ2n) is 6.57. The van der Waals surface area contributed by atoms with Crippen molar-refractivity contribution in [1.29, 1.82) is 0 Å². The molecule has 6 N–H and O–H groups in total. The second kappa shape index (κ2) is 7.48. The van der Waals surface area contributed by atoms with E-state index in [1.54, 1.807) is 0 Å². The molecule has 0 aromatic carbocycles. The molecule has 20 heteroatoms. The van der Waals surface area contributed by atoms with Crippen molar-refractivity contribution in [2.24, 2.45) is 0 Å². The summed E-state index contributed by atoms with van der Waals surface area (Å²) >= 11 is 0. The fourth-order valence-electron chi connectivity index (χ4n) is 3.48. The molecule has 7 atom stereocenters. The Morgan fingerprint density at radius 2 is 1.81 bits per heavy atom. The van der Waals surface area contributed by atoms with Crippen LogP contribution in [0.4, 0.5) is 4.39 Å². The first-order valence-electron chi connectivity index (χ1n) is 8.16. The number of phosphoric acid groups is 3. The van der Waals surface area contributed by atoms with Crippen LogP contribution in [0, 0.1) is 0 Å². The predicted molar refractivity (Wildman–Crippen MR) is 93.1 cm³/mol. The van der Waals surface area contributed by atoms with Gasteiger partial charge in [-0.3, -0.25) is 18.9 Å². The largest absolute Gasteiger partial charge is 0.490 e. The van der Waals surface area contributed by atoms with Crippen LogP contribution >= 0.6 is 23.5 Å². The molecule has 0 amide bonds. The molecule has 0 bridgehead atoms. The van der Waals surface area contributed by atoms with Crippen LogP contribution in [0.5, 0.6) is 0 Å². The molecule has 1 aromatic heterocycles. The van der Waals surface area contributed by atoms with Gasteiger partial charge < -0.3 is 29.4 Å². The van der Waals surface area contributed by atoms with Gasteiger partial charge in [0, 0.05) is 12.3 Å². The number of fused-ring (bicyclic) bond motifs is 1. The lowest BCUT2D eigenvalue weighted by Gasteiger charge is -2.24. The number of aromatic amines is 1. The Labute approximate surface area is 170 Å². The Kier molecular flexibility index (Phi) is 5.93. The number of nitrogens with zero attached hydrogens (tertiary/aromatic N) is 1. The summed E-state index contributed by atoms with van der Waals surface area (Å²) in [6.45, 7) is 1.36. The molecule has 2 aliphatic rings. The number of alkyl halides is 1. The van der Waals surface area contributed by atoms with Crippen molar-refractivity contribution in [1.82, 2.24) is 9.55 Å². The van der Waals surface area contributed by atoms with Crippen molar-refractivity contribution < 1.29 is 60.6 Å². The Bertz CT molecular complexity index is 1140. The van der Waals surface area contributed by atoms with Gasteiger partial charge >= 0.3 is 29.2 Å². The molecule has 1 aliphatic heterocycles. The van der Waals surface area contributed by atoms with Gasteiger partial charge in [-0.25, -0.2) is 22.9 Å². The number of halogens is 1. The molecule has 1 saturated heterocycles. The molecular formula is C11H16FN2O14P3. The number of nitrogens with one attached hydrogen (secondary N) is 1. The van der Waals surface area contributed by atoms with Crippen LogP contribution in [-0.2, 0) is 31.6 Å². The molecule has 1 aliphatic carbocycles. The summed E-state index contributed by atoms with van der Waals surface area (Å²) in [4.78, 5) is 60.7. The van der Waals surface area contributed by atoms with Gasteiger partial charge in [0.1, 0.15) is 11.7 Å². The molecule has 31 heavy (non-hydrogen) atoms. The number of rotatable bonds is 8. The zero-order valence-corrected chi connectivity index (χ0v) is 17.9. The number of phosphoric ester groups is 1. The highest BCUT2D eigenvalue weighted by atomic mass is 31.3. The van der Waals surface area contributed by atoms with E-state index in [2.05, 4.69) is 13.1 Å². The highest BCUT2D eigenvalue weighted by Gasteiger charge is 2.89. The van der Waals surface area contributed by atoms with Crippen molar-refractivity contribution in [3.05, 3.63) is 33.1 Å². The fraction of sp³-hybridized carbons (Fsp3) is 0.636. The first-order chi connectivity index (χ1) is 14.0. The topological polar surface area (TPSA) is 244 Å². The number of hydrogen-bond acceptors (Lipinski definition) is 10. The van der Waals surface area contributed by atoms with Crippen molar-refractivity contribution in [2.45, 2.75) is 43.1 Å². The van der Waals surface area contributed by atoms with Gasteiger partial charge in [0.2, 0.25) is 0 Å². The molecule has 3 rings (SSSR count). The predicted octanol–water partition coefficient (Wildman–Crippen LogP) is -0.991. The number of H-pyrrole nitrogens is 1. The second-order valence-corrected chi connectivity index (χ2v) is 10.9. The molecule has 2 fully saturated rings. The van der Waals surface area contributed by atoms with Gasteiger partial charge in [0.05, 0.1) is 0 Å². The molecule has 0 radical (unpaired) electrons. The number of ether oxygens (including phenoxy) is 1. The average Bonchev–Trinajstić information content (AvgIpc) is 2.95. The molecule has 176 valence electrons. The van der Waals surface area contributed by atoms with Crippen LogP contribution in [0.2, 0.25) is 0 Å². The zero-order valence-electron chi connectivity index (χ0n) is 15.2. The number of hydrogen-bond donors (Lipinski definition) is 6. The van der Waals surface area contributed by atoms with Crippen LogP contribution in [0.3, 0.4) is 0 Å². The molecule has 0 spiro atoms. The standard InChI is InChI=1S/C11H16FN2O14P3/c1-2-10-8(26-30(21,22)28-31(23,24)27-29(18,19)20)11(10,17)6(12)7(25-10)14-4-3-5(15)13-9(14)16/h3-4,6-8,17H,2H2,1H3,(H,21,22)(H,23,24)(H,13,15,16)(H2,18,19,20)/t6-,7+,8?,10+,11+/m0/s1. The lowest BCUT2D eigenvalue weighted by atomic mass is 10.1. The zero-order chi connectivity index (χ0) is 23.6. The van der Waals surface area contributed by atoms with E-state index < -0.39 is 64.4 Å². The van der Waals surface area contributed by atoms with Crippen LogP contribution in [-0.4, -0.2) is 57.7 Å². The van der Waals surface area contributed by atoms with Crippen molar-refractivity contribution >= 4 is 23.5 Å². The summed E-state index contributed by atoms with van der Waals surface area (Å²) < 4.78 is 66.8. The molecular weight excluding hydrogens is 496 g/mol. The lowest BCUT2D eigenvalue weighted by molar-refractivity contribution is -0.0925. The third-order valence-electron chi connectivity index (χ3n) is 4.72. The van der Waals surface area contributed by atoms with Gasteiger partial charge in [-0.05, 0) is 6.42 Å². The van der Waals surface area contributed by atoms with Crippen molar-refractivity contribution in [3.63, 3.8) is 0 Å². The van der Waals surface area contributed by atoms with E-state index in [1.165, 1.54) is 6.92 Å². The lowest BCUT2D eigenvalue weighted by Crippen LogP contribution is -2.40. The fourth-order valence-corrected chi connectivity index (χ4v) is 6.74. The molecule has 16 nitrogen and oxygen atoms in total. The maximum atomic E-state index is 15.0. The minimum atomic E-state index is -5.83. The van der Waals surface area contributed by atoms with Crippen molar-refractivity contribution in [2.75, 3.05) is 0 Å². The van der Waals surface area contributed by atoms with E-state index in [-0.39, 0.29) is 6.42 Å². The van der Waals surface area contributed by atoms with E-state index in [9.17, 15) is 38.2 Å². The van der Waals surface area contributed by atoms with Crippen LogP contribution in [0.15, 0.2) is 21.9 Å². The summed E-state index contributed by atoms with van der Waals surface area (Å²) in [6.07, 6.45) is -5.53. The summed E-state index contributed by atoms with van der Waals surface area (Å²) in [6, 6.07) is 0.883. The minimum absolute atomic E-state index is 0.251. The summed E-state index contributed by atoms with van der Waals surface area (Å²) in [7, 11) is -17.1.